The summed E-state index contributed by atoms with van der Waals surface area (Å²) in [5.74, 6) is -0.877. The van der Waals surface area contributed by atoms with Gasteiger partial charge in [0.25, 0.3) is 0 Å². The van der Waals surface area contributed by atoms with Crippen LogP contribution >= 0.6 is 11.3 Å². The molecule has 0 saturated heterocycles. The zero-order chi connectivity index (χ0) is 13.1. The Labute approximate surface area is 104 Å². The van der Waals surface area contributed by atoms with Crippen molar-refractivity contribution in [2.75, 3.05) is 30.5 Å². The number of rotatable bonds is 6. The molecule has 0 amide bonds. The molecule has 17 heavy (non-hydrogen) atoms. The molecule has 0 saturated carbocycles. The van der Waals surface area contributed by atoms with Crippen molar-refractivity contribution in [1.29, 1.82) is 0 Å². The molecular formula is C9H14N2O4S2. The Kier molecular flexibility index (Phi) is 4.47. The number of nitrogens with zero attached hydrogens (tertiary/aromatic N) is 2. The van der Waals surface area contributed by atoms with Gasteiger partial charge in [-0.15, -0.1) is 11.3 Å². The number of aromatic nitrogens is 1. The van der Waals surface area contributed by atoms with E-state index in [0.29, 0.717) is 17.4 Å². The lowest BCUT2D eigenvalue weighted by Gasteiger charge is -2.14. The van der Waals surface area contributed by atoms with Gasteiger partial charge >= 0.3 is 5.97 Å². The molecule has 1 N–H and O–H groups in total. The van der Waals surface area contributed by atoms with Crippen LogP contribution in [0.2, 0.25) is 0 Å². The van der Waals surface area contributed by atoms with Crippen molar-refractivity contribution in [2.45, 2.75) is 6.42 Å². The summed E-state index contributed by atoms with van der Waals surface area (Å²) in [4.78, 5) is 16.3. The summed E-state index contributed by atoms with van der Waals surface area (Å²) in [5.41, 5.74) is 0.490. The maximum atomic E-state index is 11.0. The molecular weight excluding hydrogens is 264 g/mol. The van der Waals surface area contributed by atoms with Crippen LogP contribution < -0.4 is 4.90 Å². The van der Waals surface area contributed by atoms with E-state index >= 15 is 0 Å². The summed E-state index contributed by atoms with van der Waals surface area (Å²) in [6, 6.07) is 0. The van der Waals surface area contributed by atoms with E-state index in [4.69, 9.17) is 5.11 Å². The lowest BCUT2D eigenvalue weighted by molar-refractivity contribution is -0.136. The number of hydrogen-bond acceptors (Lipinski definition) is 6. The Morgan fingerprint density at radius 1 is 1.59 bits per heavy atom. The molecule has 0 aromatic carbocycles. The van der Waals surface area contributed by atoms with Crippen LogP contribution in [0, 0.1) is 0 Å². The highest BCUT2D eigenvalue weighted by atomic mass is 32.2. The maximum Gasteiger partial charge on any atom is 0.309 e. The molecule has 0 aliphatic rings. The first-order valence-corrected chi connectivity index (χ1v) is 7.77. The first-order valence-electron chi connectivity index (χ1n) is 4.83. The number of carbonyl (C=O) groups is 1. The summed E-state index contributed by atoms with van der Waals surface area (Å²) in [7, 11) is -1.27. The molecule has 8 heteroatoms. The molecule has 0 spiro atoms. The number of thiazole rings is 1. The third-order valence-electron chi connectivity index (χ3n) is 2.00. The summed E-state index contributed by atoms with van der Waals surface area (Å²) in [6.45, 7) is 0.346. The van der Waals surface area contributed by atoms with Crippen LogP contribution in [0.25, 0.3) is 0 Å². The van der Waals surface area contributed by atoms with Gasteiger partial charge < -0.3 is 10.0 Å². The highest BCUT2D eigenvalue weighted by Crippen LogP contribution is 2.19. The van der Waals surface area contributed by atoms with Crippen LogP contribution in [0.5, 0.6) is 0 Å². The third-order valence-corrected chi connectivity index (χ3v) is 3.92. The molecule has 96 valence electrons. The number of carboxylic acids is 1. The summed E-state index contributed by atoms with van der Waals surface area (Å²) in [6.07, 6.45) is 1.06. The van der Waals surface area contributed by atoms with Gasteiger partial charge in [0.05, 0.1) is 17.9 Å². The Morgan fingerprint density at radius 3 is 2.76 bits per heavy atom. The third kappa shape index (κ3) is 5.14. The van der Waals surface area contributed by atoms with E-state index in [1.807, 2.05) is 0 Å². The van der Waals surface area contributed by atoms with Gasteiger partial charge in [-0.25, -0.2) is 13.4 Å². The molecule has 0 fully saturated rings. The van der Waals surface area contributed by atoms with Crippen molar-refractivity contribution in [1.82, 2.24) is 4.98 Å². The Hall–Kier alpha value is -1.15. The lowest BCUT2D eigenvalue weighted by atomic mass is 10.3. The minimum Gasteiger partial charge on any atom is -0.481 e. The number of carboxylic acid groups (broad SMARTS) is 1. The van der Waals surface area contributed by atoms with Gasteiger partial charge in [0.1, 0.15) is 9.84 Å². The van der Waals surface area contributed by atoms with E-state index in [9.17, 15) is 13.2 Å². The van der Waals surface area contributed by atoms with Gasteiger partial charge in [0, 0.05) is 25.2 Å². The summed E-state index contributed by atoms with van der Waals surface area (Å²) in [5, 5.41) is 10.9. The zero-order valence-electron chi connectivity index (χ0n) is 9.58. The minimum atomic E-state index is -3.00. The predicted octanol–water partition coefficient (Wildman–Crippen LogP) is 0.251. The number of sulfone groups is 1. The van der Waals surface area contributed by atoms with E-state index < -0.39 is 15.8 Å². The number of anilines is 1. The summed E-state index contributed by atoms with van der Waals surface area (Å²) >= 11 is 1.31. The fourth-order valence-electron chi connectivity index (χ4n) is 1.11. The van der Waals surface area contributed by atoms with Crippen LogP contribution in [0.3, 0.4) is 0 Å². The molecule has 1 aromatic rings. The van der Waals surface area contributed by atoms with E-state index in [2.05, 4.69) is 4.98 Å². The molecule has 0 aliphatic carbocycles. The van der Waals surface area contributed by atoms with E-state index in [1.165, 1.54) is 17.6 Å². The first-order chi connectivity index (χ1) is 7.78. The van der Waals surface area contributed by atoms with Crippen molar-refractivity contribution < 1.29 is 18.3 Å². The van der Waals surface area contributed by atoms with Gasteiger partial charge in [-0.1, -0.05) is 0 Å². The number of hydrogen-bond donors (Lipinski definition) is 1. The van der Waals surface area contributed by atoms with E-state index in [0.717, 1.165) is 0 Å². The Bertz CT molecular complexity index is 495. The second kappa shape index (κ2) is 5.46. The van der Waals surface area contributed by atoms with Gasteiger partial charge in [0.15, 0.2) is 5.13 Å². The highest BCUT2D eigenvalue weighted by Gasteiger charge is 2.11. The fourth-order valence-corrected chi connectivity index (χ4v) is 2.53. The van der Waals surface area contributed by atoms with Crippen LogP contribution in [0.4, 0.5) is 5.13 Å². The molecule has 0 unspecified atom stereocenters. The Morgan fingerprint density at radius 2 is 2.24 bits per heavy atom. The SMILES string of the molecule is CN(CCS(C)(=O)=O)c1nc(CC(=O)O)cs1. The average Bonchev–Trinajstić information content (AvgIpc) is 2.60. The quantitative estimate of drug-likeness (QED) is 0.802. The summed E-state index contributed by atoms with van der Waals surface area (Å²) < 4.78 is 22.0. The number of aliphatic carboxylic acids is 1. The van der Waals surface area contributed by atoms with Gasteiger partial charge in [-0.05, 0) is 0 Å². The largest absolute Gasteiger partial charge is 0.481 e. The van der Waals surface area contributed by atoms with Crippen LogP contribution in [0.15, 0.2) is 5.38 Å². The van der Waals surface area contributed by atoms with Gasteiger partial charge in [-0.2, -0.15) is 0 Å². The van der Waals surface area contributed by atoms with Crippen molar-refractivity contribution in [3.8, 4) is 0 Å². The second-order valence-electron chi connectivity index (χ2n) is 3.74. The highest BCUT2D eigenvalue weighted by molar-refractivity contribution is 7.90. The molecule has 1 heterocycles. The van der Waals surface area contributed by atoms with E-state index in [1.54, 1.807) is 17.3 Å². The van der Waals surface area contributed by atoms with Gasteiger partial charge in [0.2, 0.25) is 0 Å². The molecule has 0 bridgehead atoms. The van der Waals surface area contributed by atoms with Crippen LogP contribution in [0.1, 0.15) is 5.69 Å². The van der Waals surface area contributed by atoms with Gasteiger partial charge in [-0.3, -0.25) is 4.79 Å². The smallest absolute Gasteiger partial charge is 0.309 e. The monoisotopic (exact) mass is 278 g/mol. The molecule has 6 nitrogen and oxygen atoms in total. The zero-order valence-corrected chi connectivity index (χ0v) is 11.2. The first kappa shape index (κ1) is 13.9. The Balaban J connectivity index is 2.60. The molecule has 1 aromatic heterocycles. The van der Waals surface area contributed by atoms with Crippen molar-refractivity contribution in [2.24, 2.45) is 0 Å². The van der Waals surface area contributed by atoms with Crippen molar-refractivity contribution in [3.05, 3.63) is 11.1 Å². The molecule has 1 rings (SSSR count). The maximum absolute atomic E-state index is 11.0. The molecule has 0 radical (unpaired) electrons. The normalized spacial score (nSPS) is 11.4. The molecule has 0 atom stereocenters. The topological polar surface area (TPSA) is 87.6 Å². The van der Waals surface area contributed by atoms with E-state index in [-0.39, 0.29) is 12.2 Å². The van der Waals surface area contributed by atoms with Crippen LogP contribution in [-0.4, -0.2) is 50.1 Å². The standard InChI is InChI=1S/C9H14N2O4S2/c1-11(3-4-17(2,14)15)9-10-7(6-16-9)5-8(12)13/h6H,3-5H2,1-2H3,(H,12,13). The predicted molar refractivity (Wildman–Crippen MR) is 66.4 cm³/mol. The van der Waals surface area contributed by atoms with Crippen molar-refractivity contribution in [3.63, 3.8) is 0 Å². The lowest BCUT2D eigenvalue weighted by Crippen LogP contribution is -2.24. The van der Waals surface area contributed by atoms with Crippen LogP contribution in [-0.2, 0) is 21.1 Å². The average molecular weight is 278 g/mol. The fraction of sp³-hybridized carbons (Fsp3) is 0.556. The van der Waals surface area contributed by atoms with Crippen molar-refractivity contribution >= 4 is 32.3 Å². The minimum absolute atomic E-state index is 0.0529. The second-order valence-corrected chi connectivity index (χ2v) is 6.84. The molecule has 0 aliphatic heterocycles.